The van der Waals surface area contributed by atoms with E-state index < -0.39 is 10.0 Å². The minimum Gasteiger partial charge on any atom is -0.493 e. The summed E-state index contributed by atoms with van der Waals surface area (Å²) in [5, 5.41) is 2.88. The van der Waals surface area contributed by atoms with Crippen LogP contribution in [0.25, 0.3) is 0 Å². The van der Waals surface area contributed by atoms with Crippen molar-refractivity contribution in [3.63, 3.8) is 0 Å². The minimum atomic E-state index is -3.80. The molecule has 26 heavy (non-hydrogen) atoms. The van der Waals surface area contributed by atoms with Crippen LogP contribution in [0.5, 0.6) is 11.5 Å². The van der Waals surface area contributed by atoms with Gasteiger partial charge in [-0.15, -0.1) is 0 Å². The number of hydrogen-bond acceptors (Lipinski definition) is 5. The Kier molecular flexibility index (Phi) is 5.03. The molecule has 8 heteroatoms. The van der Waals surface area contributed by atoms with E-state index in [0.29, 0.717) is 22.7 Å². The van der Waals surface area contributed by atoms with Crippen LogP contribution in [0.1, 0.15) is 23.2 Å². The standard InChI is InChI=1S/C18H20N2O5S/c1-24-16-10-9-15(11-17(16)25-2)26(22,23)20-14-5-3-12(4-6-14)18(21)19-13-7-8-13/h3-6,9-11,13,20H,7-8H2,1-2H3,(H,19,21). The Balaban J connectivity index is 1.75. The van der Waals surface area contributed by atoms with Gasteiger partial charge in [0.15, 0.2) is 11.5 Å². The van der Waals surface area contributed by atoms with Crippen molar-refractivity contribution in [3.05, 3.63) is 48.0 Å². The molecule has 7 nitrogen and oxygen atoms in total. The molecular formula is C18H20N2O5S. The van der Waals surface area contributed by atoms with Crippen molar-refractivity contribution in [2.75, 3.05) is 18.9 Å². The van der Waals surface area contributed by atoms with Crippen LogP contribution in [0, 0.1) is 0 Å². The fourth-order valence-corrected chi connectivity index (χ4v) is 3.46. The van der Waals surface area contributed by atoms with Gasteiger partial charge in [-0.25, -0.2) is 8.42 Å². The smallest absolute Gasteiger partial charge is 0.262 e. The first-order valence-corrected chi connectivity index (χ1v) is 9.57. The summed E-state index contributed by atoms with van der Waals surface area (Å²) in [6.45, 7) is 0. The molecule has 1 saturated carbocycles. The maximum atomic E-state index is 12.6. The second-order valence-electron chi connectivity index (χ2n) is 5.95. The van der Waals surface area contributed by atoms with E-state index in [-0.39, 0.29) is 16.8 Å². The predicted octanol–water partition coefficient (Wildman–Crippen LogP) is 2.40. The van der Waals surface area contributed by atoms with Crippen LogP contribution in [-0.2, 0) is 10.0 Å². The minimum absolute atomic E-state index is 0.0469. The van der Waals surface area contributed by atoms with Crippen molar-refractivity contribution in [1.82, 2.24) is 5.32 Å². The van der Waals surface area contributed by atoms with Gasteiger partial charge in [0.25, 0.3) is 15.9 Å². The SMILES string of the molecule is COc1ccc(S(=O)(=O)Nc2ccc(C(=O)NC3CC3)cc2)cc1OC. The van der Waals surface area contributed by atoms with Crippen LogP contribution in [-0.4, -0.2) is 34.6 Å². The normalized spacial score (nSPS) is 13.8. The molecule has 2 aromatic carbocycles. The number of rotatable bonds is 7. The molecule has 1 aliphatic rings. The molecule has 0 radical (unpaired) electrons. The Morgan fingerprint density at radius 1 is 1.00 bits per heavy atom. The average molecular weight is 376 g/mol. The molecule has 0 unspecified atom stereocenters. The molecule has 0 aromatic heterocycles. The summed E-state index contributed by atoms with van der Waals surface area (Å²) in [6.07, 6.45) is 2.02. The lowest BCUT2D eigenvalue weighted by Crippen LogP contribution is -2.25. The van der Waals surface area contributed by atoms with Crippen molar-refractivity contribution >= 4 is 21.6 Å². The highest BCUT2D eigenvalue weighted by molar-refractivity contribution is 7.92. The molecule has 1 fully saturated rings. The number of nitrogens with one attached hydrogen (secondary N) is 2. The quantitative estimate of drug-likeness (QED) is 0.774. The lowest BCUT2D eigenvalue weighted by Gasteiger charge is -2.12. The van der Waals surface area contributed by atoms with Gasteiger partial charge in [-0.1, -0.05) is 0 Å². The van der Waals surface area contributed by atoms with Crippen molar-refractivity contribution in [2.24, 2.45) is 0 Å². The van der Waals surface area contributed by atoms with Gasteiger partial charge in [0.2, 0.25) is 0 Å². The Bertz CT molecular complexity index is 906. The number of anilines is 1. The van der Waals surface area contributed by atoms with E-state index in [2.05, 4.69) is 10.0 Å². The third kappa shape index (κ3) is 4.08. The maximum Gasteiger partial charge on any atom is 0.262 e. The van der Waals surface area contributed by atoms with Crippen LogP contribution >= 0.6 is 0 Å². The molecule has 0 spiro atoms. The highest BCUT2D eigenvalue weighted by atomic mass is 32.2. The van der Waals surface area contributed by atoms with E-state index in [1.165, 1.54) is 32.4 Å². The Morgan fingerprint density at radius 3 is 2.23 bits per heavy atom. The van der Waals surface area contributed by atoms with Crippen LogP contribution in [0.4, 0.5) is 5.69 Å². The molecule has 0 heterocycles. The molecule has 1 aliphatic carbocycles. The number of carbonyl (C=O) groups excluding carboxylic acids is 1. The fourth-order valence-electron chi connectivity index (χ4n) is 2.38. The fraction of sp³-hybridized carbons (Fsp3) is 0.278. The van der Waals surface area contributed by atoms with E-state index in [9.17, 15) is 13.2 Å². The molecule has 1 amide bonds. The predicted molar refractivity (Wildman–Crippen MR) is 97.3 cm³/mol. The van der Waals surface area contributed by atoms with E-state index >= 15 is 0 Å². The van der Waals surface area contributed by atoms with E-state index in [0.717, 1.165) is 12.8 Å². The summed E-state index contributed by atoms with van der Waals surface area (Å²) in [5.74, 6) is 0.613. The Labute approximate surface area is 152 Å². The van der Waals surface area contributed by atoms with Crippen molar-refractivity contribution < 1.29 is 22.7 Å². The molecular weight excluding hydrogens is 356 g/mol. The average Bonchev–Trinajstić information content (AvgIpc) is 3.45. The zero-order valence-electron chi connectivity index (χ0n) is 14.5. The summed E-state index contributed by atoms with van der Waals surface area (Å²) >= 11 is 0. The molecule has 0 saturated heterocycles. The lowest BCUT2D eigenvalue weighted by molar-refractivity contribution is 0.0951. The number of methoxy groups -OCH3 is 2. The Hall–Kier alpha value is -2.74. The summed E-state index contributed by atoms with van der Waals surface area (Å²) in [7, 11) is -0.884. The van der Waals surface area contributed by atoms with Crippen LogP contribution in [0.3, 0.4) is 0 Å². The summed E-state index contributed by atoms with van der Waals surface area (Å²) in [6, 6.07) is 10.9. The second kappa shape index (κ2) is 7.25. The molecule has 2 aromatic rings. The molecule has 138 valence electrons. The van der Waals surface area contributed by atoms with Crippen LogP contribution in [0.2, 0.25) is 0 Å². The lowest BCUT2D eigenvalue weighted by atomic mass is 10.2. The Morgan fingerprint density at radius 2 is 1.65 bits per heavy atom. The topological polar surface area (TPSA) is 93.7 Å². The van der Waals surface area contributed by atoms with Gasteiger partial charge >= 0.3 is 0 Å². The number of sulfonamides is 1. The van der Waals surface area contributed by atoms with Gasteiger partial charge in [-0.3, -0.25) is 9.52 Å². The first-order chi connectivity index (χ1) is 12.4. The van der Waals surface area contributed by atoms with E-state index in [1.807, 2.05) is 0 Å². The van der Waals surface area contributed by atoms with Crippen molar-refractivity contribution in [2.45, 2.75) is 23.8 Å². The largest absolute Gasteiger partial charge is 0.493 e. The third-order valence-electron chi connectivity index (χ3n) is 3.98. The van der Waals surface area contributed by atoms with Gasteiger partial charge in [0.1, 0.15) is 0 Å². The van der Waals surface area contributed by atoms with Crippen LogP contribution < -0.4 is 19.5 Å². The monoisotopic (exact) mass is 376 g/mol. The van der Waals surface area contributed by atoms with Gasteiger partial charge < -0.3 is 14.8 Å². The molecule has 3 rings (SSSR count). The highest BCUT2D eigenvalue weighted by Crippen LogP contribution is 2.30. The van der Waals surface area contributed by atoms with Gasteiger partial charge in [0.05, 0.1) is 19.1 Å². The summed E-state index contributed by atoms with van der Waals surface area (Å²) < 4.78 is 37.8. The van der Waals surface area contributed by atoms with E-state index in [4.69, 9.17) is 9.47 Å². The zero-order chi connectivity index (χ0) is 18.7. The summed E-state index contributed by atoms with van der Waals surface area (Å²) in [4.78, 5) is 12.0. The molecule has 0 bridgehead atoms. The first kappa shape index (κ1) is 18.1. The van der Waals surface area contributed by atoms with Crippen LogP contribution in [0.15, 0.2) is 47.4 Å². The highest BCUT2D eigenvalue weighted by Gasteiger charge is 2.24. The second-order valence-corrected chi connectivity index (χ2v) is 7.63. The maximum absolute atomic E-state index is 12.6. The van der Waals surface area contributed by atoms with E-state index in [1.54, 1.807) is 24.3 Å². The van der Waals surface area contributed by atoms with Gasteiger partial charge in [-0.05, 0) is 49.2 Å². The number of carbonyl (C=O) groups is 1. The first-order valence-electron chi connectivity index (χ1n) is 8.09. The molecule has 2 N–H and O–H groups in total. The summed E-state index contributed by atoms with van der Waals surface area (Å²) in [5.41, 5.74) is 0.855. The third-order valence-corrected chi connectivity index (χ3v) is 5.36. The van der Waals surface area contributed by atoms with Gasteiger partial charge in [-0.2, -0.15) is 0 Å². The number of ether oxygens (including phenoxy) is 2. The zero-order valence-corrected chi connectivity index (χ0v) is 15.3. The number of hydrogen-bond donors (Lipinski definition) is 2. The van der Waals surface area contributed by atoms with Crippen molar-refractivity contribution in [3.8, 4) is 11.5 Å². The molecule has 0 atom stereocenters. The molecule has 0 aliphatic heterocycles. The van der Waals surface area contributed by atoms with Gasteiger partial charge in [0, 0.05) is 23.4 Å². The van der Waals surface area contributed by atoms with Crippen molar-refractivity contribution in [1.29, 1.82) is 0 Å². The number of benzene rings is 2. The number of amides is 1.